The molecule has 1 heterocycles. The Labute approximate surface area is 189 Å². The van der Waals surface area contributed by atoms with Crippen LogP contribution in [-0.2, 0) is 11.3 Å². The number of methoxy groups -OCH3 is 3. The largest absolute Gasteiger partial charge is 0.497 e. The van der Waals surface area contributed by atoms with Crippen LogP contribution in [0.5, 0.6) is 17.2 Å². The van der Waals surface area contributed by atoms with E-state index in [0.29, 0.717) is 36.8 Å². The van der Waals surface area contributed by atoms with Gasteiger partial charge < -0.3 is 29.3 Å². The quantitative estimate of drug-likeness (QED) is 0.708. The second kappa shape index (κ2) is 10.7. The molecule has 8 heteroatoms. The molecule has 0 aromatic heterocycles. The number of piperidine rings is 1. The zero-order valence-electron chi connectivity index (χ0n) is 19.1. The Morgan fingerprint density at radius 2 is 1.62 bits per heavy atom. The molecule has 0 saturated carbocycles. The molecule has 0 spiro atoms. The molecule has 172 valence electrons. The van der Waals surface area contributed by atoms with Gasteiger partial charge in [0.2, 0.25) is 5.91 Å². The van der Waals surface area contributed by atoms with Crippen LogP contribution in [0.3, 0.4) is 0 Å². The molecule has 1 saturated heterocycles. The number of carbonyl (C=O) groups is 2. The van der Waals surface area contributed by atoms with Crippen LogP contribution in [0.25, 0.3) is 0 Å². The van der Waals surface area contributed by atoms with Crippen molar-refractivity contribution < 1.29 is 23.8 Å². The molecule has 0 bridgehead atoms. The lowest BCUT2D eigenvalue weighted by Gasteiger charge is -2.38. The minimum absolute atomic E-state index is 0.0212. The van der Waals surface area contributed by atoms with E-state index in [1.54, 1.807) is 46.5 Å². The summed E-state index contributed by atoms with van der Waals surface area (Å²) in [4.78, 5) is 28.7. The fourth-order valence-electron chi connectivity index (χ4n) is 3.90. The highest BCUT2D eigenvalue weighted by Crippen LogP contribution is 2.30. The Kier molecular flexibility index (Phi) is 7.81. The van der Waals surface area contributed by atoms with Crippen LogP contribution in [0, 0.1) is 0 Å². The van der Waals surface area contributed by atoms with E-state index in [2.05, 4.69) is 5.32 Å². The molecule has 3 amide bonds. The normalized spacial score (nSPS) is 13.9. The van der Waals surface area contributed by atoms with Gasteiger partial charge in [-0.15, -0.1) is 0 Å². The van der Waals surface area contributed by atoms with E-state index >= 15 is 0 Å². The smallest absolute Gasteiger partial charge is 0.322 e. The zero-order valence-corrected chi connectivity index (χ0v) is 19.1. The Morgan fingerprint density at radius 3 is 2.19 bits per heavy atom. The zero-order chi connectivity index (χ0) is 23.1. The Balaban J connectivity index is 1.79. The SMILES string of the molecule is COc1ccc(CN(C(=O)Nc2ccc(OC)c(OC)c2)C2CCN(C(C)=O)CC2)cc1. The number of rotatable bonds is 7. The number of urea groups is 1. The molecule has 2 aromatic rings. The molecule has 0 radical (unpaired) electrons. The topological polar surface area (TPSA) is 80.3 Å². The van der Waals surface area contributed by atoms with Gasteiger partial charge in [0.25, 0.3) is 0 Å². The van der Waals surface area contributed by atoms with Gasteiger partial charge in [0.15, 0.2) is 11.5 Å². The summed E-state index contributed by atoms with van der Waals surface area (Å²) in [7, 11) is 4.75. The Morgan fingerprint density at radius 1 is 0.969 bits per heavy atom. The van der Waals surface area contributed by atoms with Crippen LogP contribution >= 0.6 is 0 Å². The number of amides is 3. The number of hydrogen-bond donors (Lipinski definition) is 1. The lowest BCUT2D eigenvalue weighted by molar-refractivity contribution is -0.130. The lowest BCUT2D eigenvalue weighted by atomic mass is 10.0. The molecule has 1 fully saturated rings. The molecular formula is C24H31N3O5. The van der Waals surface area contributed by atoms with Gasteiger partial charge in [-0.3, -0.25) is 4.79 Å². The van der Waals surface area contributed by atoms with E-state index in [1.807, 2.05) is 34.1 Å². The first-order valence-corrected chi connectivity index (χ1v) is 10.6. The van der Waals surface area contributed by atoms with E-state index in [1.165, 1.54) is 0 Å². The first-order chi connectivity index (χ1) is 15.4. The van der Waals surface area contributed by atoms with Crippen molar-refractivity contribution >= 4 is 17.6 Å². The van der Waals surface area contributed by atoms with Gasteiger partial charge in [0.05, 0.1) is 21.3 Å². The third-order valence-electron chi connectivity index (χ3n) is 5.76. The van der Waals surface area contributed by atoms with Crippen LogP contribution in [0.1, 0.15) is 25.3 Å². The highest BCUT2D eigenvalue weighted by molar-refractivity contribution is 5.90. The summed E-state index contributed by atoms with van der Waals surface area (Å²) in [6.45, 7) is 3.32. The average Bonchev–Trinajstić information content (AvgIpc) is 2.82. The van der Waals surface area contributed by atoms with Crippen LogP contribution in [0.2, 0.25) is 0 Å². The Hall–Kier alpha value is -3.42. The minimum atomic E-state index is -0.200. The molecular weight excluding hydrogens is 410 g/mol. The number of benzene rings is 2. The summed E-state index contributed by atoms with van der Waals surface area (Å²) in [6.07, 6.45) is 1.46. The van der Waals surface area contributed by atoms with Gasteiger partial charge in [-0.2, -0.15) is 0 Å². The summed E-state index contributed by atoms with van der Waals surface area (Å²) < 4.78 is 15.9. The van der Waals surface area contributed by atoms with Crippen molar-refractivity contribution in [3.63, 3.8) is 0 Å². The van der Waals surface area contributed by atoms with Crippen molar-refractivity contribution in [3.05, 3.63) is 48.0 Å². The van der Waals surface area contributed by atoms with Gasteiger partial charge in [0, 0.05) is 44.4 Å². The van der Waals surface area contributed by atoms with Gasteiger partial charge in [-0.1, -0.05) is 12.1 Å². The standard InChI is InChI=1S/C24H31N3O5/c1-17(28)26-13-11-20(12-14-26)27(16-18-5-8-21(30-2)9-6-18)24(29)25-19-7-10-22(31-3)23(15-19)32-4/h5-10,15,20H,11-14,16H2,1-4H3,(H,25,29). The van der Waals surface area contributed by atoms with Crippen LogP contribution < -0.4 is 19.5 Å². The molecule has 1 aliphatic rings. The number of likely N-dealkylation sites (tertiary alicyclic amines) is 1. The number of carbonyl (C=O) groups excluding carboxylic acids is 2. The fourth-order valence-corrected chi connectivity index (χ4v) is 3.90. The van der Waals surface area contributed by atoms with Crippen molar-refractivity contribution in [1.29, 1.82) is 0 Å². The molecule has 1 N–H and O–H groups in total. The average molecular weight is 442 g/mol. The van der Waals surface area contributed by atoms with Gasteiger partial charge in [0.1, 0.15) is 5.75 Å². The van der Waals surface area contributed by atoms with Crippen molar-refractivity contribution in [2.24, 2.45) is 0 Å². The summed E-state index contributed by atoms with van der Waals surface area (Å²) in [6, 6.07) is 12.8. The maximum atomic E-state index is 13.3. The number of ether oxygens (including phenoxy) is 3. The van der Waals surface area contributed by atoms with E-state index < -0.39 is 0 Å². The monoisotopic (exact) mass is 441 g/mol. The molecule has 0 aliphatic carbocycles. The minimum Gasteiger partial charge on any atom is -0.497 e. The summed E-state index contributed by atoms with van der Waals surface area (Å²) in [5, 5.41) is 2.99. The molecule has 32 heavy (non-hydrogen) atoms. The first kappa shape index (κ1) is 23.2. The van der Waals surface area contributed by atoms with E-state index in [9.17, 15) is 9.59 Å². The van der Waals surface area contributed by atoms with E-state index in [0.717, 1.165) is 24.2 Å². The molecule has 0 unspecified atom stereocenters. The highest BCUT2D eigenvalue weighted by Gasteiger charge is 2.29. The van der Waals surface area contributed by atoms with Crippen LogP contribution in [0.4, 0.5) is 10.5 Å². The summed E-state index contributed by atoms with van der Waals surface area (Å²) >= 11 is 0. The highest BCUT2D eigenvalue weighted by atomic mass is 16.5. The maximum absolute atomic E-state index is 13.3. The number of nitrogens with zero attached hydrogens (tertiary/aromatic N) is 2. The second-order valence-electron chi connectivity index (χ2n) is 7.71. The van der Waals surface area contributed by atoms with Crippen molar-refractivity contribution in [2.75, 3.05) is 39.7 Å². The Bertz CT molecular complexity index is 924. The van der Waals surface area contributed by atoms with Gasteiger partial charge >= 0.3 is 6.03 Å². The predicted molar refractivity (Wildman–Crippen MR) is 122 cm³/mol. The van der Waals surface area contributed by atoms with Crippen molar-refractivity contribution in [2.45, 2.75) is 32.4 Å². The fraction of sp³-hybridized carbons (Fsp3) is 0.417. The number of nitrogens with one attached hydrogen (secondary N) is 1. The molecule has 2 aromatic carbocycles. The van der Waals surface area contributed by atoms with E-state index in [-0.39, 0.29) is 18.0 Å². The summed E-state index contributed by atoms with van der Waals surface area (Å²) in [5.41, 5.74) is 1.62. The summed E-state index contributed by atoms with van der Waals surface area (Å²) in [5.74, 6) is 1.98. The molecule has 3 rings (SSSR count). The maximum Gasteiger partial charge on any atom is 0.322 e. The third-order valence-corrected chi connectivity index (χ3v) is 5.76. The van der Waals surface area contributed by atoms with Gasteiger partial charge in [-0.25, -0.2) is 4.79 Å². The second-order valence-corrected chi connectivity index (χ2v) is 7.71. The van der Waals surface area contributed by atoms with E-state index in [4.69, 9.17) is 14.2 Å². The van der Waals surface area contributed by atoms with Crippen LogP contribution in [-0.4, -0.2) is 62.2 Å². The molecule has 0 atom stereocenters. The van der Waals surface area contributed by atoms with Crippen molar-refractivity contribution in [3.8, 4) is 17.2 Å². The van der Waals surface area contributed by atoms with Crippen molar-refractivity contribution in [1.82, 2.24) is 9.80 Å². The predicted octanol–water partition coefficient (Wildman–Crippen LogP) is 3.76. The van der Waals surface area contributed by atoms with Gasteiger partial charge in [-0.05, 0) is 42.7 Å². The van der Waals surface area contributed by atoms with Crippen LogP contribution in [0.15, 0.2) is 42.5 Å². The number of hydrogen-bond acceptors (Lipinski definition) is 5. The lowest BCUT2D eigenvalue weighted by Crippen LogP contribution is -2.49. The molecule has 1 aliphatic heterocycles. The molecule has 8 nitrogen and oxygen atoms in total. The first-order valence-electron chi connectivity index (χ1n) is 10.6. The third kappa shape index (κ3) is 5.63. The number of anilines is 1.